The van der Waals surface area contributed by atoms with Crippen molar-refractivity contribution >= 4 is 5.97 Å². The van der Waals surface area contributed by atoms with Gasteiger partial charge in [0.05, 0.1) is 0 Å². The third-order valence-electron chi connectivity index (χ3n) is 2.00. The second-order valence-corrected chi connectivity index (χ2v) is 4.03. The first-order valence-corrected chi connectivity index (χ1v) is 4.99. The van der Waals surface area contributed by atoms with Crippen LogP contribution in [0.1, 0.15) is 40.5 Å². The van der Waals surface area contributed by atoms with Crippen molar-refractivity contribution in [2.75, 3.05) is 0 Å². The second kappa shape index (κ2) is 6.41. The summed E-state index contributed by atoms with van der Waals surface area (Å²) < 4.78 is 0. The van der Waals surface area contributed by atoms with Crippen molar-refractivity contribution in [3.8, 4) is 0 Å². The van der Waals surface area contributed by atoms with E-state index in [9.17, 15) is 4.79 Å². The zero-order chi connectivity index (χ0) is 11.1. The molecule has 0 aliphatic heterocycles. The third-order valence-corrected chi connectivity index (χ3v) is 2.00. The smallest absolute Gasteiger partial charge is 0.303 e. The lowest BCUT2D eigenvalue weighted by Gasteiger charge is -2.08. The number of hydrogen-bond donors (Lipinski definition) is 1. The van der Waals surface area contributed by atoms with Crippen LogP contribution in [0.15, 0.2) is 23.3 Å². The molecule has 0 saturated heterocycles. The van der Waals surface area contributed by atoms with Gasteiger partial charge in [0.25, 0.3) is 0 Å². The lowest BCUT2D eigenvalue weighted by molar-refractivity contribution is -0.136. The van der Waals surface area contributed by atoms with Gasteiger partial charge < -0.3 is 5.11 Å². The quantitative estimate of drug-likeness (QED) is 0.684. The summed E-state index contributed by atoms with van der Waals surface area (Å²) in [4.78, 5) is 10.4. The summed E-state index contributed by atoms with van der Waals surface area (Å²) in [7, 11) is 0. The zero-order valence-electron chi connectivity index (χ0n) is 9.50. The highest BCUT2D eigenvalue weighted by molar-refractivity contribution is 5.67. The fraction of sp³-hybridized carbons (Fsp3) is 0.583. The SMILES string of the molecule is CC(C)=C/C=C(\CCC(=O)O)C(C)C. The Morgan fingerprint density at radius 3 is 2.14 bits per heavy atom. The monoisotopic (exact) mass is 196 g/mol. The summed E-state index contributed by atoms with van der Waals surface area (Å²) in [5.41, 5.74) is 2.44. The summed E-state index contributed by atoms with van der Waals surface area (Å²) in [5, 5.41) is 8.58. The highest BCUT2D eigenvalue weighted by Crippen LogP contribution is 2.16. The molecule has 0 aliphatic rings. The summed E-state index contributed by atoms with van der Waals surface area (Å²) in [5.74, 6) is -0.307. The van der Waals surface area contributed by atoms with Crippen molar-refractivity contribution in [3.05, 3.63) is 23.3 Å². The third kappa shape index (κ3) is 6.46. The first-order valence-electron chi connectivity index (χ1n) is 4.99. The average Bonchev–Trinajstić information content (AvgIpc) is 2.02. The Bertz CT molecular complexity index is 243. The highest BCUT2D eigenvalue weighted by Gasteiger charge is 2.05. The maximum absolute atomic E-state index is 10.4. The molecule has 1 N–H and O–H groups in total. The number of carboxylic acid groups (broad SMARTS) is 1. The molecule has 0 aromatic carbocycles. The van der Waals surface area contributed by atoms with Crippen molar-refractivity contribution in [1.29, 1.82) is 0 Å². The Morgan fingerprint density at radius 1 is 1.21 bits per heavy atom. The summed E-state index contributed by atoms with van der Waals surface area (Å²) in [6.45, 7) is 8.25. The van der Waals surface area contributed by atoms with E-state index >= 15 is 0 Å². The van der Waals surface area contributed by atoms with Gasteiger partial charge in [0, 0.05) is 6.42 Å². The van der Waals surface area contributed by atoms with E-state index in [0.717, 1.165) is 0 Å². The molecule has 0 atom stereocenters. The summed E-state index contributed by atoms with van der Waals surface area (Å²) in [6, 6.07) is 0. The van der Waals surface area contributed by atoms with Gasteiger partial charge in [-0.3, -0.25) is 4.79 Å². The van der Waals surface area contributed by atoms with Gasteiger partial charge in [0.1, 0.15) is 0 Å². The molecule has 0 aliphatic carbocycles. The van der Waals surface area contributed by atoms with Crippen molar-refractivity contribution in [2.24, 2.45) is 5.92 Å². The molecule has 0 heterocycles. The average molecular weight is 196 g/mol. The minimum Gasteiger partial charge on any atom is -0.481 e. The molecule has 0 unspecified atom stereocenters. The van der Waals surface area contributed by atoms with Crippen molar-refractivity contribution in [1.82, 2.24) is 0 Å². The second-order valence-electron chi connectivity index (χ2n) is 4.03. The van der Waals surface area contributed by atoms with E-state index in [1.807, 2.05) is 26.0 Å². The molecule has 0 bridgehead atoms. The van der Waals surface area contributed by atoms with Gasteiger partial charge >= 0.3 is 5.97 Å². The van der Waals surface area contributed by atoms with E-state index < -0.39 is 5.97 Å². The number of carboxylic acids is 1. The lowest BCUT2D eigenvalue weighted by Crippen LogP contribution is -2.00. The maximum atomic E-state index is 10.4. The van der Waals surface area contributed by atoms with Crippen molar-refractivity contribution in [2.45, 2.75) is 40.5 Å². The van der Waals surface area contributed by atoms with E-state index in [4.69, 9.17) is 5.11 Å². The molecule has 2 heteroatoms. The normalized spacial score (nSPS) is 11.6. The Hall–Kier alpha value is -1.05. The largest absolute Gasteiger partial charge is 0.481 e. The van der Waals surface area contributed by atoms with Crippen molar-refractivity contribution in [3.63, 3.8) is 0 Å². The minimum atomic E-state index is -0.728. The molecular formula is C12H20O2. The molecule has 0 spiro atoms. The minimum absolute atomic E-state index is 0.223. The Kier molecular flexibility index (Phi) is 5.93. The van der Waals surface area contributed by atoms with Crippen LogP contribution >= 0.6 is 0 Å². The first-order chi connectivity index (χ1) is 6.43. The predicted molar refractivity (Wildman–Crippen MR) is 59.2 cm³/mol. The van der Waals surface area contributed by atoms with Gasteiger partial charge in [-0.15, -0.1) is 0 Å². The first kappa shape index (κ1) is 12.9. The number of allylic oxidation sites excluding steroid dienone is 4. The topological polar surface area (TPSA) is 37.3 Å². The van der Waals surface area contributed by atoms with Gasteiger partial charge in [-0.05, 0) is 26.2 Å². The molecule has 80 valence electrons. The molecule has 0 aromatic heterocycles. The van der Waals surface area contributed by atoms with Crippen LogP contribution in [0.3, 0.4) is 0 Å². The molecule has 0 amide bonds. The molecule has 14 heavy (non-hydrogen) atoms. The van der Waals surface area contributed by atoms with Gasteiger partial charge in [-0.25, -0.2) is 0 Å². The molecule has 0 radical (unpaired) electrons. The molecule has 0 rings (SSSR count). The van der Waals surface area contributed by atoms with Gasteiger partial charge in [0.2, 0.25) is 0 Å². The van der Waals surface area contributed by atoms with E-state index in [1.54, 1.807) is 0 Å². The number of aliphatic carboxylic acids is 1. The Morgan fingerprint density at radius 2 is 1.79 bits per heavy atom. The van der Waals surface area contributed by atoms with E-state index in [-0.39, 0.29) is 6.42 Å². The van der Waals surface area contributed by atoms with Crippen LogP contribution in [-0.2, 0) is 4.79 Å². The van der Waals surface area contributed by atoms with Crippen LogP contribution in [-0.4, -0.2) is 11.1 Å². The van der Waals surface area contributed by atoms with Crippen molar-refractivity contribution < 1.29 is 9.90 Å². The summed E-state index contributed by atoms with van der Waals surface area (Å²) in [6.07, 6.45) is 4.96. The molecule has 0 fully saturated rings. The predicted octanol–water partition coefficient (Wildman–Crippen LogP) is 3.40. The van der Waals surface area contributed by atoms with Gasteiger partial charge in [-0.2, -0.15) is 0 Å². The number of rotatable bonds is 5. The van der Waals surface area contributed by atoms with Crippen LogP contribution in [0.25, 0.3) is 0 Å². The Labute approximate surface area is 86.3 Å². The fourth-order valence-electron chi connectivity index (χ4n) is 1.09. The summed E-state index contributed by atoms with van der Waals surface area (Å²) >= 11 is 0. The van der Waals surface area contributed by atoms with Crippen LogP contribution in [0.5, 0.6) is 0 Å². The van der Waals surface area contributed by atoms with Crippen LogP contribution in [0, 0.1) is 5.92 Å². The maximum Gasteiger partial charge on any atom is 0.303 e. The molecule has 0 aromatic rings. The number of hydrogen-bond acceptors (Lipinski definition) is 1. The van der Waals surface area contributed by atoms with E-state index in [1.165, 1.54) is 11.1 Å². The van der Waals surface area contributed by atoms with Crippen LogP contribution in [0.4, 0.5) is 0 Å². The molecule has 0 saturated carbocycles. The highest BCUT2D eigenvalue weighted by atomic mass is 16.4. The molecule has 2 nitrogen and oxygen atoms in total. The molecular weight excluding hydrogens is 176 g/mol. The zero-order valence-corrected chi connectivity index (χ0v) is 9.50. The standard InChI is InChI=1S/C12H20O2/c1-9(2)5-6-11(10(3)4)7-8-12(13)14/h5-6,10H,7-8H2,1-4H3,(H,13,14)/b11-6+. The van der Waals surface area contributed by atoms with Crippen LogP contribution in [0.2, 0.25) is 0 Å². The van der Waals surface area contributed by atoms with Gasteiger partial charge in [0.15, 0.2) is 0 Å². The van der Waals surface area contributed by atoms with Gasteiger partial charge in [-0.1, -0.05) is 37.1 Å². The Balaban J connectivity index is 4.37. The fourth-order valence-corrected chi connectivity index (χ4v) is 1.09. The van der Waals surface area contributed by atoms with Crippen LogP contribution < -0.4 is 0 Å². The lowest BCUT2D eigenvalue weighted by atomic mass is 9.97. The van der Waals surface area contributed by atoms with E-state index in [0.29, 0.717) is 12.3 Å². The van der Waals surface area contributed by atoms with E-state index in [2.05, 4.69) is 13.8 Å². The number of carbonyl (C=O) groups is 1.